The Kier molecular flexibility index (Phi) is 5.29. The molecule has 1 rings (SSSR count). The minimum atomic E-state index is -1.08. The van der Waals surface area contributed by atoms with Crippen LogP contribution in [0.4, 0.5) is 0 Å². The smallest absolute Gasteiger partial charge is 0.217 e. The third-order valence-corrected chi connectivity index (χ3v) is 2.97. The molecule has 1 amide bonds. The Morgan fingerprint density at radius 1 is 1.18 bits per heavy atom. The van der Waals surface area contributed by atoms with Crippen molar-refractivity contribution >= 4 is 5.91 Å². The first-order valence-corrected chi connectivity index (χ1v) is 5.48. The second-order valence-corrected chi connectivity index (χ2v) is 4.14. The highest BCUT2D eigenvalue weighted by atomic mass is 16.5. The molecule has 100 valence electrons. The van der Waals surface area contributed by atoms with Gasteiger partial charge in [-0.25, -0.2) is 0 Å². The summed E-state index contributed by atoms with van der Waals surface area (Å²) in [6, 6.07) is -0.794. The largest absolute Gasteiger partial charge is 0.396 e. The summed E-state index contributed by atoms with van der Waals surface area (Å²) in [5, 5.41) is 39.8. The zero-order chi connectivity index (χ0) is 13.0. The molecule has 0 bridgehead atoms. The maximum absolute atomic E-state index is 11.0. The number of aliphatic hydroxyl groups excluding tert-OH is 4. The van der Waals surface area contributed by atoms with Crippen LogP contribution < -0.4 is 5.32 Å². The van der Waals surface area contributed by atoms with Gasteiger partial charge in [0.15, 0.2) is 0 Å². The molecule has 17 heavy (non-hydrogen) atoms. The highest BCUT2D eigenvalue weighted by Gasteiger charge is 2.44. The number of hydrogen-bond acceptors (Lipinski definition) is 6. The second kappa shape index (κ2) is 6.27. The Bertz CT molecular complexity index is 261. The molecule has 5 N–H and O–H groups in total. The summed E-state index contributed by atoms with van der Waals surface area (Å²) in [6.07, 6.45) is -2.63. The third kappa shape index (κ3) is 3.14. The highest BCUT2D eigenvalue weighted by Crippen LogP contribution is 2.25. The molecular weight excluding hydrogens is 230 g/mol. The van der Waals surface area contributed by atoms with Crippen molar-refractivity contribution < 1.29 is 30.0 Å². The Labute approximate surface area is 99.0 Å². The van der Waals surface area contributed by atoms with Crippen molar-refractivity contribution in [2.75, 3.05) is 19.8 Å². The minimum absolute atomic E-state index is 0.366. The minimum Gasteiger partial charge on any atom is -0.396 e. The zero-order valence-corrected chi connectivity index (χ0v) is 9.61. The van der Waals surface area contributed by atoms with Gasteiger partial charge in [0.2, 0.25) is 5.91 Å². The highest BCUT2D eigenvalue weighted by molar-refractivity contribution is 5.73. The van der Waals surface area contributed by atoms with E-state index < -0.39 is 36.9 Å². The van der Waals surface area contributed by atoms with Crippen molar-refractivity contribution in [1.29, 1.82) is 0 Å². The maximum atomic E-state index is 11.0. The normalized spacial score (nSPS) is 37.8. The van der Waals surface area contributed by atoms with Crippen molar-refractivity contribution in [3.8, 4) is 0 Å². The van der Waals surface area contributed by atoms with Crippen LogP contribution in [0.15, 0.2) is 0 Å². The third-order valence-electron chi connectivity index (χ3n) is 2.97. The topological polar surface area (TPSA) is 119 Å². The van der Waals surface area contributed by atoms with E-state index in [-0.39, 0.29) is 19.1 Å². The summed E-state index contributed by atoms with van der Waals surface area (Å²) < 4.78 is 5.34. The Morgan fingerprint density at radius 3 is 2.18 bits per heavy atom. The van der Waals surface area contributed by atoms with Gasteiger partial charge < -0.3 is 30.5 Å². The van der Waals surface area contributed by atoms with Crippen molar-refractivity contribution in [2.24, 2.45) is 5.92 Å². The van der Waals surface area contributed by atoms with Crippen LogP contribution in [0, 0.1) is 5.92 Å². The van der Waals surface area contributed by atoms with Gasteiger partial charge in [0, 0.05) is 12.8 Å². The molecule has 0 aliphatic carbocycles. The quantitative estimate of drug-likeness (QED) is 0.367. The summed E-state index contributed by atoms with van der Waals surface area (Å²) in [6.45, 7) is 0.149. The van der Waals surface area contributed by atoms with Gasteiger partial charge in [0.05, 0.1) is 38.1 Å². The molecule has 0 aromatic carbocycles. The number of carbonyl (C=O) groups is 1. The average Bonchev–Trinajstić information content (AvgIpc) is 2.30. The first-order chi connectivity index (χ1) is 8.04. The van der Waals surface area contributed by atoms with E-state index in [1.165, 1.54) is 6.92 Å². The van der Waals surface area contributed by atoms with Crippen molar-refractivity contribution in [2.45, 2.75) is 31.3 Å². The summed E-state index contributed by atoms with van der Waals surface area (Å²) in [7, 11) is 0. The zero-order valence-electron chi connectivity index (χ0n) is 9.61. The van der Waals surface area contributed by atoms with E-state index in [0.29, 0.717) is 0 Å². The molecular formula is C10H19NO6. The lowest BCUT2D eigenvalue weighted by atomic mass is 9.86. The van der Waals surface area contributed by atoms with Gasteiger partial charge in [-0.3, -0.25) is 4.79 Å². The molecule has 1 aliphatic heterocycles. The standard InChI is InChI=1S/C10H19NO6/c1-5(15)11-9-8(4-14)17-7(3-13)6(2-12)10(9)16/h6-10,12-14,16H,2-4H2,1H3,(H,11,15)/t6-,7-,8+,9+,10+/m1/s1. The first kappa shape index (κ1) is 14.3. The average molecular weight is 249 g/mol. The number of ether oxygens (including phenoxy) is 1. The predicted molar refractivity (Wildman–Crippen MR) is 57.0 cm³/mol. The summed E-state index contributed by atoms with van der Waals surface area (Å²) in [5.41, 5.74) is 0. The van der Waals surface area contributed by atoms with Gasteiger partial charge in [-0.15, -0.1) is 0 Å². The van der Waals surface area contributed by atoms with Crippen LogP contribution in [0.5, 0.6) is 0 Å². The Hall–Kier alpha value is -0.730. The van der Waals surface area contributed by atoms with E-state index in [0.717, 1.165) is 0 Å². The van der Waals surface area contributed by atoms with E-state index in [9.17, 15) is 9.90 Å². The van der Waals surface area contributed by atoms with Crippen LogP contribution in [-0.4, -0.2) is 70.5 Å². The molecule has 0 saturated carbocycles. The summed E-state index contributed by atoms with van der Waals surface area (Å²) in [5.74, 6) is -1.06. The molecule has 1 aliphatic rings. The first-order valence-electron chi connectivity index (χ1n) is 5.48. The maximum Gasteiger partial charge on any atom is 0.217 e. The number of aliphatic hydroxyl groups is 4. The number of rotatable bonds is 4. The molecule has 1 saturated heterocycles. The van der Waals surface area contributed by atoms with Crippen molar-refractivity contribution in [1.82, 2.24) is 5.32 Å². The van der Waals surface area contributed by atoms with Gasteiger partial charge in [-0.1, -0.05) is 0 Å². The molecule has 5 atom stereocenters. The van der Waals surface area contributed by atoms with Crippen molar-refractivity contribution in [3.05, 3.63) is 0 Å². The predicted octanol–water partition coefficient (Wildman–Crippen LogP) is -2.79. The van der Waals surface area contributed by atoms with Gasteiger partial charge in [0.25, 0.3) is 0 Å². The molecule has 0 unspecified atom stereocenters. The lowest BCUT2D eigenvalue weighted by molar-refractivity contribution is -0.186. The van der Waals surface area contributed by atoms with Gasteiger partial charge in [-0.05, 0) is 0 Å². The second-order valence-electron chi connectivity index (χ2n) is 4.14. The van der Waals surface area contributed by atoms with Crippen LogP contribution in [0.2, 0.25) is 0 Å². The van der Waals surface area contributed by atoms with E-state index in [1.807, 2.05) is 0 Å². The van der Waals surface area contributed by atoms with Gasteiger partial charge >= 0.3 is 0 Å². The fourth-order valence-corrected chi connectivity index (χ4v) is 2.09. The molecule has 1 fully saturated rings. The molecule has 7 heteroatoms. The van der Waals surface area contributed by atoms with Crippen LogP contribution in [0.1, 0.15) is 6.92 Å². The molecule has 1 heterocycles. The van der Waals surface area contributed by atoms with E-state index >= 15 is 0 Å². The Morgan fingerprint density at radius 2 is 1.76 bits per heavy atom. The molecule has 0 spiro atoms. The van der Waals surface area contributed by atoms with Crippen LogP contribution in [-0.2, 0) is 9.53 Å². The molecule has 0 aromatic heterocycles. The molecule has 7 nitrogen and oxygen atoms in total. The van der Waals surface area contributed by atoms with Gasteiger partial charge in [-0.2, -0.15) is 0 Å². The fourth-order valence-electron chi connectivity index (χ4n) is 2.09. The van der Waals surface area contributed by atoms with Crippen molar-refractivity contribution in [3.63, 3.8) is 0 Å². The van der Waals surface area contributed by atoms with Crippen LogP contribution in [0.25, 0.3) is 0 Å². The van der Waals surface area contributed by atoms with Crippen LogP contribution in [0.3, 0.4) is 0 Å². The van der Waals surface area contributed by atoms with E-state index in [1.54, 1.807) is 0 Å². The SMILES string of the molecule is CC(=O)N[C@@H]1[C@@H](O)[C@H](CO)[C@@H](CO)O[C@H]1CO. The van der Waals surface area contributed by atoms with Crippen LogP contribution >= 0.6 is 0 Å². The monoisotopic (exact) mass is 249 g/mol. The number of amides is 1. The fraction of sp³-hybridized carbons (Fsp3) is 0.900. The van der Waals surface area contributed by atoms with E-state index in [2.05, 4.69) is 5.32 Å². The summed E-state index contributed by atoms with van der Waals surface area (Å²) >= 11 is 0. The molecule has 0 radical (unpaired) electrons. The molecule has 0 aromatic rings. The lowest BCUT2D eigenvalue weighted by Crippen LogP contribution is -2.63. The number of hydrogen-bond donors (Lipinski definition) is 5. The lowest BCUT2D eigenvalue weighted by Gasteiger charge is -2.43. The number of nitrogens with one attached hydrogen (secondary N) is 1. The Balaban J connectivity index is 2.83. The summed E-state index contributed by atoms with van der Waals surface area (Å²) in [4.78, 5) is 11.0. The van der Waals surface area contributed by atoms with E-state index in [4.69, 9.17) is 20.1 Å². The van der Waals surface area contributed by atoms with Gasteiger partial charge in [0.1, 0.15) is 6.10 Å². The number of carbonyl (C=O) groups excluding carboxylic acids is 1.